The molecule has 1 fully saturated rings. The molecule has 2 aromatic rings. The average molecular weight is 428 g/mol. The molecule has 0 spiro atoms. The first-order valence-corrected chi connectivity index (χ1v) is 9.13. The van der Waals surface area contributed by atoms with Crippen LogP contribution in [0.25, 0.3) is 10.8 Å². The van der Waals surface area contributed by atoms with E-state index in [1.54, 1.807) is 0 Å². The Balaban J connectivity index is 0.00000225. The molecule has 0 atom stereocenters. The minimum Gasteiger partial charge on any atom is -0.484 e. The molecule has 1 heterocycles. The van der Waals surface area contributed by atoms with Crippen LogP contribution >= 0.6 is 28.3 Å². The largest absolute Gasteiger partial charge is 0.484 e. The van der Waals surface area contributed by atoms with Crippen molar-refractivity contribution in [3.05, 3.63) is 40.9 Å². The molecule has 4 nitrogen and oxygen atoms in total. The first-order valence-electron chi connectivity index (χ1n) is 8.34. The highest BCUT2D eigenvalue weighted by molar-refractivity contribution is 9.10. The maximum absolute atomic E-state index is 12.1. The van der Waals surface area contributed by atoms with E-state index in [-0.39, 0.29) is 30.3 Å². The van der Waals surface area contributed by atoms with Crippen molar-refractivity contribution in [1.29, 1.82) is 0 Å². The number of fused-ring (bicyclic) bond motifs is 1. The molecule has 0 radical (unpaired) electrons. The fraction of sp³-hybridized carbons (Fsp3) is 0.421. The molecular formula is C19H24BrClN2O2. The van der Waals surface area contributed by atoms with Crippen molar-refractivity contribution in [2.75, 3.05) is 26.2 Å². The zero-order valence-corrected chi connectivity index (χ0v) is 16.7. The van der Waals surface area contributed by atoms with Gasteiger partial charge in [0, 0.05) is 11.0 Å². The summed E-state index contributed by atoms with van der Waals surface area (Å²) in [5.74, 6) is 0.652. The molecule has 1 amide bonds. The van der Waals surface area contributed by atoms with Gasteiger partial charge in [-0.1, -0.05) is 35.0 Å². The lowest BCUT2D eigenvalue weighted by molar-refractivity contribution is -0.123. The number of rotatable bonds is 5. The van der Waals surface area contributed by atoms with Crippen molar-refractivity contribution in [3.8, 4) is 5.75 Å². The molecule has 6 heteroatoms. The molecular weight excluding hydrogens is 404 g/mol. The smallest absolute Gasteiger partial charge is 0.257 e. The summed E-state index contributed by atoms with van der Waals surface area (Å²) in [5, 5.41) is 8.60. The Morgan fingerprint density at radius 1 is 1.20 bits per heavy atom. The molecule has 0 unspecified atom stereocenters. The first-order chi connectivity index (χ1) is 11.5. The van der Waals surface area contributed by atoms with Gasteiger partial charge >= 0.3 is 0 Å². The highest BCUT2D eigenvalue weighted by Crippen LogP contribution is 2.27. The van der Waals surface area contributed by atoms with Crippen LogP contribution in [0.1, 0.15) is 19.8 Å². The van der Waals surface area contributed by atoms with Crippen molar-refractivity contribution >= 4 is 45.0 Å². The number of hydrogen-bond donors (Lipinski definition) is 2. The van der Waals surface area contributed by atoms with E-state index >= 15 is 0 Å². The summed E-state index contributed by atoms with van der Waals surface area (Å²) in [7, 11) is 0. The fourth-order valence-corrected chi connectivity index (χ4v) is 3.38. The Bertz CT molecular complexity index is 732. The number of halogens is 2. The number of carbonyl (C=O) groups excluding carboxylic acids is 1. The summed E-state index contributed by atoms with van der Waals surface area (Å²) in [4.78, 5) is 12.1. The van der Waals surface area contributed by atoms with Gasteiger partial charge in [-0.25, -0.2) is 0 Å². The monoisotopic (exact) mass is 426 g/mol. The highest BCUT2D eigenvalue weighted by Gasteiger charge is 2.26. The van der Waals surface area contributed by atoms with Crippen molar-refractivity contribution in [2.45, 2.75) is 19.8 Å². The minimum atomic E-state index is -0.0642. The third kappa shape index (κ3) is 5.59. The molecule has 136 valence electrons. The summed E-state index contributed by atoms with van der Waals surface area (Å²) < 4.78 is 6.69. The Hall–Kier alpha value is -1.30. The van der Waals surface area contributed by atoms with Gasteiger partial charge in [0.15, 0.2) is 6.61 Å². The molecule has 1 aliphatic heterocycles. The van der Waals surface area contributed by atoms with Gasteiger partial charge < -0.3 is 15.4 Å². The lowest BCUT2D eigenvalue weighted by atomic mass is 9.81. The van der Waals surface area contributed by atoms with Gasteiger partial charge in [-0.2, -0.15) is 0 Å². The van der Waals surface area contributed by atoms with E-state index in [1.165, 1.54) is 0 Å². The molecule has 0 bridgehead atoms. The molecule has 0 aliphatic carbocycles. The summed E-state index contributed by atoms with van der Waals surface area (Å²) in [6, 6.07) is 12.0. The van der Waals surface area contributed by atoms with Gasteiger partial charge in [-0.15, -0.1) is 12.4 Å². The predicted octanol–water partition coefficient (Wildman–Crippen LogP) is 3.91. The van der Waals surface area contributed by atoms with Crippen LogP contribution in [-0.4, -0.2) is 32.1 Å². The molecule has 2 aromatic carbocycles. The van der Waals surface area contributed by atoms with E-state index in [4.69, 9.17) is 4.74 Å². The van der Waals surface area contributed by atoms with Crippen LogP contribution in [0, 0.1) is 5.41 Å². The van der Waals surface area contributed by atoms with Crippen molar-refractivity contribution in [2.24, 2.45) is 5.41 Å². The SMILES string of the molecule is CC1(CNC(=O)COc2ccc3cc(Br)ccc3c2)CCNCC1.Cl. The second kappa shape index (κ2) is 8.88. The van der Waals surface area contributed by atoms with Crippen LogP contribution in [-0.2, 0) is 4.79 Å². The van der Waals surface area contributed by atoms with Crippen LogP contribution in [0.2, 0.25) is 0 Å². The Morgan fingerprint density at radius 2 is 1.88 bits per heavy atom. The Kier molecular flexibility index (Phi) is 7.11. The molecule has 0 saturated carbocycles. The second-order valence-corrected chi connectivity index (χ2v) is 7.70. The molecule has 2 N–H and O–H groups in total. The normalized spacial score (nSPS) is 16.1. The van der Waals surface area contributed by atoms with Gasteiger partial charge in [-0.3, -0.25) is 4.79 Å². The third-order valence-electron chi connectivity index (χ3n) is 4.67. The van der Waals surface area contributed by atoms with Crippen molar-refractivity contribution in [1.82, 2.24) is 10.6 Å². The summed E-state index contributed by atoms with van der Waals surface area (Å²) in [6.07, 6.45) is 2.18. The standard InChI is InChI=1S/C19H23BrN2O2.ClH/c1-19(6-8-21-9-7-19)13-22-18(23)12-24-17-5-3-14-10-16(20)4-2-15(14)11-17;/h2-5,10-11,21H,6-9,12-13H2,1H3,(H,22,23);1H. The van der Waals surface area contributed by atoms with E-state index in [9.17, 15) is 4.79 Å². The van der Waals surface area contributed by atoms with Crippen molar-refractivity contribution in [3.63, 3.8) is 0 Å². The maximum atomic E-state index is 12.1. The van der Waals surface area contributed by atoms with Gasteiger partial charge in [0.1, 0.15) is 5.75 Å². The number of nitrogens with one attached hydrogen (secondary N) is 2. The number of carbonyl (C=O) groups is 1. The van der Waals surface area contributed by atoms with Crippen molar-refractivity contribution < 1.29 is 9.53 Å². The predicted molar refractivity (Wildman–Crippen MR) is 108 cm³/mol. The summed E-state index contributed by atoms with van der Waals surface area (Å²) >= 11 is 3.47. The Labute approximate surface area is 163 Å². The van der Waals surface area contributed by atoms with E-state index in [1.807, 2.05) is 30.3 Å². The zero-order valence-electron chi connectivity index (χ0n) is 14.3. The van der Waals surface area contributed by atoms with E-state index in [0.29, 0.717) is 12.3 Å². The van der Waals surface area contributed by atoms with Crippen LogP contribution < -0.4 is 15.4 Å². The minimum absolute atomic E-state index is 0. The zero-order chi connectivity index (χ0) is 17.0. The summed E-state index contributed by atoms with van der Waals surface area (Å²) in [6.45, 7) is 5.04. The fourth-order valence-electron chi connectivity index (χ4n) is 3.00. The molecule has 25 heavy (non-hydrogen) atoms. The number of hydrogen-bond acceptors (Lipinski definition) is 3. The van der Waals surface area contributed by atoms with Gasteiger partial charge in [0.05, 0.1) is 0 Å². The molecule has 1 aliphatic rings. The first kappa shape index (κ1) is 20.0. The van der Waals surface area contributed by atoms with Crippen LogP contribution in [0.3, 0.4) is 0 Å². The van der Waals surface area contributed by atoms with Crippen LogP contribution in [0.4, 0.5) is 0 Å². The molecule has 3 rings (SSSR count). The number of amides is 1. The van der Waals surface area contributed by atoms with E-state index < -0.39 is 0 Å². The van der Waals surface area contributed by atoms with E-state index in [2.05, 4.69) is 39.6 Å². The number of benzene rings is 2. The Morgan fingerprint density at radius 3 is 2.64 bits per heavy atom. The average Bonchev–Trinajstić information content (AvgIpc) is 2.59. The maximum Gasteiger partial charge on any atom is 0.257 e. The lowest BCUT2D eigenvalue weighted by Gasteiger charge is -2.34. The molecule has 0 aromatic heterocycles. The number of piperidine rings is 1. The third-order valence-corrected chi connectivity index (χ3v) is 5.16. The van der Waals surface area contributed by atoms with E-state index in [0.717, 1.165) is 41.2 Å². The lowest BCUT2D eigenvalue weighted by Crippen LogP contribution is -2.43. The van der Waals surface area contributed by atoms with Crippen LogP contribution in [0.15, 0.2) is 40.9 Å². The van der Waals surface area contributed by atoms with Gasteiger partial charge in [-0.05, 0) is 66.4 Å². The topological polar surface area (TPSA) is 50.4 Å². The molecule has 1 saturated heterocycles. The number of ether oxygens (including phenoxy) is 1. The van der Waals surface area contributed by atoms with Gasteiger partial charge in [0.25, 0.3) is 5.91 Å². The summed E-state index contributed by atoms with van der Waals surface area (Å²) in [5.41, 5.74) is 0.192. The van der Waals surface area contributed by atoms with Crippen LogP contribution in [0.5, 0.6) is 5.75 Å². The second-order valence-electron chi connectivity index (χ2n) is 6.78. The quantitative estimate of drug-likeness (QED) is 0.760. The van der Waals surface area contributed by atoms with Gasteiger partial charge in [0.2, 0.25) is 0 Å². The highest BCUT2D eigenvalue weighted by atomic mass is 79.9.